The number of methoxy groups -OCH3 is 1. The van der Waals surface area contributed by atoms with E-state index in [2.05, 4.69) is 4.90 Å². The lowest BCUT2D eigenvalue weighted by Crippen LogP contribution is -2.45. The molecule has 1 aromatic carbocycles. The molecule has 29 heavy (non-hydrogen) atoms. The Morgan fingerprint density at radius 3 is 2.59 bits per heavy atom. The van der Waals surface area contributed by atoms with Gasteiger partial charge in [0.15, 0.2) is 11.6 Å². The number of anilines is 1. The zero-order valence-corrected chi connectivity index (χ0v) is 17.8. The largest absolute Gasteiger partial charge is 0.493 e. The summed E-state index contributed by atoms with van der Waals surface area (Å²) in [6.45, 7) is 6.83. The van der Waals surface area contributed by atoms with Gasteiger partial charge in [0, 0.05) is 26.2 Å². The Balaban J connectivity index is 1.99. The maximum absolute atomic E-state index is 15.4. The molecule has 4 rings (SSSR count). The highest BCUT2D eigenvalue weighted by atomic mass is 32.2. The Labute approximate surface area is 172 Å². The lowest BCUT2D eigenvalue weighted by Gasteiger charge is -2.36. The summed E-state index contributed by atoms with van der Waals surface area (Å²) in [4.78, 5) is 29.8. The summed E-state index contributed by atoms with van der Waals surface area (Å²) in [6.07, 6.45) is 0. The van der Waals surface area contributed by atoms with E-state index in [4.69, 9.17) is 9.47 Å². The van der Waals surface area contributed by atoms with Crippen LogP contribution in [-0.4, -0.2) is 62.4 Å². The molecular formula is C20H24FN3O4S. The first-order valence-corrected chi connectivity index (χ1v) is 10.5. The van der Waals surface area contributed by atoms with Crippen LogP contribution in [0.5, 0.6) is 5.75 Å². The van der Waals surface area contributed by atoms with E-state index < -0.39 is 17.2 Å². The minimum atomic E-state index is -0.687. The maximum Gasteiger partial charge on any atom is 0.344 e. The van der Waals surface area contributed by atoms with Gasteiger partial charge in [-0.25, -0.2) is 9.18 Å². The van der Waals surface area contributed by atoms with Gasteiger partial charge in [0.2, 0.25) is 5.43 Å². The van der Waals surface area contributed by atoms with E-state index in [1.807, 2.05) is 23.4 Å². The van der Waals surface area contributed by atoms with Gasteiger partial charge in [-0.1, -0.05) is 11.8 Å². The van der Waals surface area contributed by atoms with Crippen molar-refractivity contribution in [2.24, 2.45) is 0 Å². The Morgan fingerprint density at radius 1 is 1.31 bits per heavy atom. The minimum Gasteiger partial charge on any atom is -0.493 e. The number of fused-ring (bicyclic) bond motifs is 3. The number of carbonyl (C=O) groups excluding carboxylic acids is 1. The number of benzene rings is 1. The summed E-state index contributed by atoms with van der Waals surface area (Å²) >= 11 is 1.43. The van der Waals surface area contributed by atoms with Crippen molar-refractivity contribution >= 4 is 34.3 Å². The molecule has 9 heteroatoms. The predicted molar refractivity (Wildman–Crippen MR) is 111 cm³/mol. The van der Waals surface area contributed by atoms with Gasteiger partial charge in [-0.15, -0.1) is 0 Å². The Hall–Kier alpha value is -2.26. The summed E-state index contributed by atoms with van der Waals surface area (Å²) in [5, 5.41) is 0.657. The van der Waals surface area contributed by atoms with Gasteiger partial charge in [-0.3, -0.25) is 4.79 Å². The Morgan fingerprint density at radius 2 is 2.00 bits per heavy atom. The number of hydrogen-bond donors (Lipinski definition) is 0. The molecule has 1 aromatic heterocycles. The first-order valence-electron chi connectivity index (χ1n) is 9.65. The molecule has 0 aliphatic carbocycles. The monoisotopic (exact) mass is 421 g/mol. The molecule has 2 aromatic rings. The summed E-state index contributed by atoms with van der Waals surface area (Å²) in [7, 11) is 3.38. The van der Waals surface area contributed by atoms with Crippen molar-refractivity contribution in [3.8, 4) is 5.75 Å². The third kappa shape index (κ3) is 3.07. The third-order valence-electron chi connectivity index (χ3n) is 5.50. The molecule has 1 atom stereocenters. The van der Waals surface area contributed by atoms with E-state index in [0.717, 1.165) is 13.1 Å². The summed E-state index contributed by atoms with van der Waals surface area (Å²) in [5.74, 6) is -1.38. The fourth-order valence-electron chi connectivity index (χ4n) is 3.96. The number of aromatic nitrogens is 1. The van der Waals surface area contributed by atoms with Gasteiger partial charge in [-0.2, -0.15) is 0 Å². The lowest BCUT2D eigenvalue weighted by atomic mass is 10.1. The van der Waals surface area contributed by atoms with Crippen LogP contribution in [0.1, 0.15) is 29.6 Å². The molecule has 2 aliphatic heterocycles. The van der Waals surface area contributed by atoms with Gasteiger partial charge in [-0.05, 0) is 27.0 Å². The van der Waals surface area contributed by atoms with E-state index in [1.54, 1.807) is 13.0 Å². The first kappa shape index (κ1) is 20.0. The van der Waals surface area contributed by atoms with E-state index in [9.17, 15) is 9.59 Å². The van der Waals surface area contributed by atoms with Crippen molar-refractivity contribution in [3.63, 3.8) is 0 Å². The lowest BCUT2D eigenvalue weighted by molar-refractivity contribution is 0.0518. The van der Waals surface area contributed by atoms with Crippen molar-refractivity contribution in [1.82, 2.24) is 9.47 Å². The number of pyridine rings is 1. The number of hydrogen-bond acceptors (Lipinski definition) is 7. The van der Waals surface area contributed by atoms with Crippen LogP contribution in [0.2, 0.25) is 0 Å². The van der Waals surface area contributed by atoms with E-state index in [1.165, 1.54) is 18.9 Å². The molecule has 0 bridgehead atoms. The van der Waals surface area contributed by atoms with Crippen molar-refractivity contribution in [3.05, 3.63) is 27.7 Å². The number of esters is 1. The smallest absolute Gasteiger partial charge is 0.344 e. The normalized spacial score (nSPS) is 19.1. The summed E-state index contributed by atoms with van der Waals surface area (Å²) < 4.78 is 27.8. The van der Waals surface area contributed by atoms with Crippen LogP contribution in [0.15, 0.2) is 15.9 Å². The van der Waals surface area contributed by atoms with Crippen molar-refractivity contribution < 1.29 is 18.7 Å². The zero-order chi connectivity index (χ0) is 20.9. The minimum absolute atomic E-state index is 0.0109. The number of likely N-dealkylation sites (N-methyl/N-ethyl adjacent to an activating group) is 1. The number of piperazine rings is 1. The number of nitrogens with zero attached hydrogens (tertiary/aromatic N) is 3. The quantitative estimate of drug-likeness (QED) is 0.704. The van der Waals surface area contributed by atoms with E-state index >= 15 is 4.39 Å². The van der Waals surface area contributed by atoms with Crippen LogP contribution in [0.3, 0.4) is 0 Å². The van der Waals surface area contributed by atoms with Crippen LogP contribution in [-0.2, 0) is 4.74 Å². The SMILES string of the molecule is CCOC(=O)c1c2n(c3cc(N4CCN(C)CC4)c(F)c(OC)c3c1=O)C(C)S2. The van der Waals surface area contributed by atoms with Gasteiger partial charge in [0.1, 0.15) is 5.56 Å². The number of carbonyl (C=O) groups is 1. The first-order chi connectivity index (χ1) is 13.9. The molecule has 0 saturated carbocycles. The highest BCUT2D eigenvalue weighted by molar-refractivity contribution is 8.00. The number of halogens is 1. The number of thioether (sulfide) groups is 1. The van der Waals surface area contributed by atoms with Crippen LogP contribution >= 0.6 is 11.8 Å². The molecule has 1 fully saturated rings. The Kier molecular flexibility index (Phi) is 5.20. The molecule has 1 unspecified atom stereocenters. The van der Waals surface area contributed by atoms with Crippen LogP contribution in [0, 0.1) is 5.82 Å². The number of rotatable bonds is 4. The molecule has 0 radical (unpaired) electrons. The van der Waals surface area contributed by atoms with Gasteiger partial charge >= 0.3 is 5.97 Å². The highest BCUT2D eigenvalue weighted by Crippen LogP contribution is 2.48. The van der Waals surface area contributed by atoms with Crippen LogP contribution in [0.4, 0.5) is 10.1 Å². The molecule has 156 valence electrons. The molecular weight excluding hydrogens is 397 g/mol. The predicted octanol–water partition coefficient (Wildman–Crippen LogP) is 2.70. The molecule has 0 spiro atoms. The van der Waals surface area contributed by atoms with Gasteiger partial charge < -0.3 is 23.8 Å². The van der Waals surface area contributed by atoms with Gasteiger partial charge in [0.25, 0.3) is 0 Å². The summed E-state index contributed by atoms with van der Waals surface area (Å²) in [5.41, 5.74) is 0.401. The topological polar surface area (TPSA) is 64.0 Å². The summed E-state index contributed by atoms with van der Waals surface area (Å²) in [6, 6.07) is 1.72. The molecule has 0 amide bonds. The van der Waals surface area contributed by atoms with E-state index in [-0.39, 0.29) is 28.7 Å². The molecule has 1 saturated heterocycles. The third-order valence-corrected chi connectivity index (χ3v) is 6.68. The Bertz CT molecular complexity index is 1050. The molecule has 7 nitrogen and oxygen atoms in total. The highest BCUT2D eigenvalue weighted by Gasteiger charge is 2.36. The number of ether oxygens (including phenoxy) is 2. The second-order valence-electron chi connectivity index (χ2n) is 7.24. The average molecular weight is 421 g/mol. The molecule has 3 heterocycles. The molecule has 0 N–H and O–H groups in total. The average Bonchev–Trinajstić information content (AvgIpc) is 2.68. The van der Waals surface area contributed by atoms with Crippen molar-refractivity contribution in [2.45, 2.75) is 24.2 Å². The fraction of sp³-hybridized carbons (Fsp3) is 0.500. The second-order valence-corrected chi connectivity index (χ2v) is 8.55. The fourth-order valence-corrected chi connectivity index (χ4v) is 5.11. The second kappa shape index (κ2) is 7.53. The standard InChI is InChI=1S/C20H24FN3O4S/c1-5-28-20(26)15-17(25)14-12(24-11(2)29-19(15)24)10-13(16(21)18(14)27-4)23-8-6-22(3)7-9-23/h10-11H,5-9H2,1-4H3. The molecule has 2 aliphatic rings. The van der Waals surface area contributed by atoms with Crippen LogP contribution in [0.25, 0.3) is 10.9 Å². The van der Waals surface area contributed by atoms with Crippen LogP contribution < -0.4 is 15.1 Å². The van der Waals surface area contributed by atoms with Gasteiger partial charge in [0.05, 0.1) is 40.7 Å². The maximum atomic E-state index is 15.4. The van der Waals surface area contributed by atoms with Crippen molar-refractivity contribution in [1.29, 1.82) is 0 Å². The van der Waals surface area contributed by atoms with E-state index in [0.29, 0.717) is 29.3 Å². The van der Waals surface area contributed by atoms with Crippen molar-refractivity contribution in [2.75, 3.05) is 51.8 Å². The zero-order valence-electron chi connectivity index (χ0n) is 17.0.